The number of hydrogen-bond acceptors (Lipinski definition) is 0. The first-order chi connectivity index (χ1) is 8.77. The molecule has 1 rings (SSSR count). The van der Waals surface area contributed by atoms with Crippen LogP contribution in [0.2, 0.25) is 0 Å². The monoisotopic (exact) mass is 272 g/mol. The van der Waals surface area contributed by atoms with Crippen molar-refractivity contribution in [2.75, 3.05) is 0 Å². The van der Waals surface area contributed by atoms with E-state index < -0.39 is 0 Å². The topological polar surface area (TPSA) is 0 Å². The molecule has 0 aromatic rings. The van der Waals surface area contributed by atoms with Crippen LogP contribution in [0.5, 0.6) is 0 Å². The molecule has 20 heavy (non-hydrogen) atoms. The first kappa shape index (κ1) is 20.8. The predicted octanol–water partition coefficient (Wildman–Crippen LogP) is 6.81. The van der Waals surface area contributed by atoms with Crippen LogP contribution in [-0.2, 0) is 0 Å². The molecular weight excluding hydrogens is 240 g/mol. The highest BCUT2D eigenvalue weighted by Crippen LogP contribution is 2.49. The molecule has 112 valence electrons. The summed E-state index contributed by atoms with van der Waals surface area (Å²) < 4.78 is 0. The van der Waals surface area contributed by atoms with Gasteiger partial charge in [0.2, 0.25) is 0 Å². The Balaban J connectivity index is 0. The van der Waals surface area contributed by atoms with Crippen molar-refractivity contribution in [1.29, 1.82) is 0 Å². The first-order valence-corrected chi connectivity index (χ1v) is 6.73. The van der Waals surface area contributed by atoms with Crippen LogP contribution in [0.3, 0.4) is 0 Å². The molecule has 0 aliphatic heterocycles. The third-order valence-corrected chi connectivity index (χ3v) is 3.56. The Morgan fingerprint density at radius 2 is 1.60 bits per heavy atom. The van der Waals surface area contributed by atoms with E-state index in [1.54, 1.807) is 6.08 Å². The molecule has 0 saturated heterocycles. The van der Waals surface area contributed by atoms with Gasteiger partial charge in [0.1, 0.15) is 0 Å². The molecule has 0 atom stereocenters. The van der Waals surface area contributed by atoms with Crippen molar-refractivity contribution >= 4 is 0 Å². The molecule has 0 heteroatoms. The molecule has 0 aromatic heterocycles. The zero-order valence-electron chi connectivity index (χ0n) is 13.4. The molecule has 0 aromatic carbocycles. The number of rotatable bonds is 2. The van der Waals surface area contributed by atoms with E-state index in [2.05, 4.69) is 66.5 Å². The maximum absolute atomic E-state index is 4.20. The quantitative estimate of drug-likeness (QED) is 0.484. The zero-order chi connectivity index (χ0) is 15.2. The fraction of sp³-hybridized carbons (Fsp3) is 0.400. The fourth-order valence-corrected chi connectivity index (χ4v) is 2.34. The van der Waals surface area contributed by atoms with Gasteiger partial charge >= 0.3 is 0 Å². The fourth-order valence-electron chi connectivity index (χ4n) is 2.34. The summed E-state index contributed by atoms with van der Waals surface area (Å²) in [4.78, 5) is 0. The summed E-state index contributed by atoms with van der Waals surface area (Å²) in [5, 5.41) is 0. The molecule has 1 aliphatic rings. The van der Waals surface area contributed by atoms with Gasteiger partial charge in [-0.15, -0.1) is 6.58 Å². The lowest BCUT2D eigenvalue weighted by Gasteiger charge is -2.23. The summed E-state index contributed by atoms with van der Waals surface area (Å²) >= 11 is 0. The average molecular weight is 272 g/mol. The Bertz CT molecular complexity index is 462. The maximum Gasteiger partial charge on any atom is 0.0155 e. The van der Waals surface area contributed by atoms with Crippen molar-refractivity contribution in [1.82, 2.24) is 0 Å². The Kier molecular flexibility index (Phi) is 8.90. The highest BCUT2D eigenvalue weighted by atomic mass is 14.4. The van der Waals surface area contributed by atoms with Crippen LogP contribution in [0.15, 0.2) is 71.9 Å². The molecule has 1 aliphatic carbocycles. The normalized spacial score (nSPS) is 19.2. The van der Waals surface area contributed by atoms with Crippen LogP contribution in [0.25, 0.3) is 0 Å². The lowest BCUT2D eigenvalue weighted by Crippen LogP contribution is -2.12. The van der Waals surface area contributed by atoms with Gasteiger partial charge in [-0.2, -0.15) is 0 Å². The van der Waals surface area contributed by atoms with Crippen molar-refractivity contribution in [3.8, 4) is 0 Å². The van der Waals surface area contributed by atoms with Crippen LogP contribution in [-0.4, -0.2) is 0 Å². The smallest absolute Gasteiger partial charge is 0.0155 e. The van der Waals surface area contributed by atoms with Crippen LogP contribution in [0.4, 0.5) is 0 Å². The highest BCUT2D eigenvalue weighted by Gasteiger charge is 2.36. The summed E-state index contributed by atoms with van der Waals surface area (Å²) in [5.41, 5.74) is 6.36. The lowest BCUT2D eigenvalue weighted by molar-refractivity contribution is 0.578. The third kappa shape index (κ3) is 4.23. The molecule has 0 amide bonds. The Morgan fingerprint density at radius 1 is 1.15 bits per heavy atom. The van der Waals surface area contributed by atoms with Crippen molar-refractivity contribution in [3.05, 3.63) is 71.9 Å². The second kappa shape index (κ2) is 8.58. The van der Waals surface area contributed by atoms with E-state index in [4.69, 9.17) is 0 Å². The number of hydrogen-bond donors (Lipinski definition) is 0. The third-order valence-electron chi connectivity index (χ3n) is 3.56. The summed E-state index contributed by atoms with van der Waals surface area (Å²) in [6.07, 6.45) is 8.08. The van der Waals surface area contributed by atoms with E-state index in [0.717, 1.165) is 5.57 Å². The highest BCUT2D eigenvalue weighted by molar-refractivity contribution is 5.63. The van der Waals surface area contributed by atoms with Gasteiger partial charge in [-0.25, -0.2) is 0 Å². The van der Waals surface area contributed by atoms with Gasteiger partial charge in [0.15, 0.2) is 0 Å². The zero-order valence-corrected chi connectivity index (χ0v) is 13.4. The molecule has 0 saturated carbocycles. The van der Waals surface area contributed by atoms with E-state index in [0.29, 0.717) is 0 Å². The predicted molar refractivity (Wildman–Crippen MR) is 95.9 cm³/mol. The molecule has 0 spiro atoms. The Labute approximate surface area is 127 Å². The molecule has 0 bridgehead atoms. The molecule has 0 radical (unpaired) electrons. The summed E-state index contributed by atoms with van der Waals surface area (Å²) in [6.45, 7) is 24.2. The molecule has 0 nitrogen and oxygen atoms in total. The Morgan fingerprint density at radius 3 is 1.90 bits per heavy atom. The van der Waals surface area contributed by atoms with Crippen LogP contribution in [0, 0.1) is 5.41 Å². The van der Waals surface area contributed by atoms with Crippen molar-refractivity contribution in [2.45, 2.75) is 49.0 Å². The standard InChI is InChI=1S/C16H22.C3H6.CH4/c1-8-11(3)10-15-13(5)12(4)14(9-2)16(15,6)7;1-3-2;/h8-10H,2,5H2,1,3-4,6-7H3;3H,1H2,2H3;1H4/b11-8-,15-10+;;. The van der Waals surface area contributed by atoms with E-state index >= 15 is 0 Å². The molecule has 0 unspecified atom stereocenters. The van der Waals surface area contributed by atoms with E-state index in [1.807, 2.05) is 13.0 Å². The minimum absolute atomic E-state index is 0. The molecule has 0 fully saturated rings. The van der Waals surface area contributed by atoms with Crippen LogP contribution >= 0.6 is 0 Å². The van der Waals surface area contributed by atoms with Crippen molar-refractivity contribution in [2.24, 2.45) is 5.41 Å². The van der Waals surface area contributed by atoms with E-state index in [-0.39, 0.29) is 12.8 Å². The second-order valence-corrected chi connectivity index (χ2v) is 5.35. The van der Waals surface area contributed by atoms with Crippen LogP contribution < -0.4 is 0 Å². The van der Waals surface area contributed by atoms with Gasteiger partial charge in [-0.05, 0) is 50.0 Å². The van der Waals surface area contributed by atoms with Gasteiger partial charge < -0.3 is 0 Å². The summed E-state index contributed by atoms with van der Waals surface area (Å²) in [6, 6.07) is 0. The second-order valence-electron chi connectivity index (χ2n) is 5.35. The van der Waals surface area contributed by atoms with Gasteiger partial charge in [-0.1, -0.05) is 64.3 Å². The van der Waals surface area contributed by atoms with Crippen molar-refractivity contribution in [3.63, 3.8) is 0 Å². The van der Waals surface area contributed by atoms with E-state index in [9.17, 15) is 0 Å². The molecule has 0 heterocycles. The van der Waals surface area contributed by atoms with Crippen LogP contribution in [0.1, 0.15) is 49.0 Å². The first-order valence-electron chi connectivity index (χ1n) is 6.73. The van der Waals surface area contributed by atoms with Gasteiger partial charge in [0.05, 0.1) is 0 Å². The number of allylic oxidation sites excluding steroid dienone is 9. The minimum atomic E-state index is 0. The maximum atomic E-state index is 4.20. The molecular formula is C20H32. The molecule has 0 N–H and O–H groups in total. The van der Waals surface area contributed by atoms with Gasteiger partial charge in [0.25, 0.3) is 0 Å². The van der Waals surface area contributed by atoms with Crippen molar-refractivity contribution < 1.29 is 0 Å². The van der Waals surface area contributed by atoms with Gasteiger partial charge in [0, 0.05) is 5.41 Å². The van der Waals surface area contributed by atoms with Gasteiger partial charge in [-0.3, -0.25) is 0 Å². The van der Waals surface area contributed by atoms with E-state index in [1.165, 1.54) is 22.3 Å². The largest absolute Gasteiger partial charge is 0.103 e. The summed E-state index contributed by atoms with van der Waals surface area (Å²) in [7, 11) is 0. The average Bonchev–Trinajstić information content (AvgIpc) is 2.50. The summed E-state index contributed by atoms with van der Waals surface area (Å²) in [5.74, 6) is 0. The SMILES string of the molecule is C.C=CC.C=CC1=C(C)C(=C)/C(=C\C(C)=C/C)C1(C)C. The Hall–Kier alpha value is -1.56. The lowest BCUT2D eigenvalue weighted by atomic mass is 9.80. The minimum Gasteiger partial charge on any atom is -0.103 e.